The van der Waals surface area contributed by atoms with Gasteiger partial charge in [-0.3, -0.25) is 9.69 Å². The van der Waals surface area contributed by atoms with Crippen molar-refractivity contribution in [3.05, 3.63) is 59.4 Å². The van der Waals surface area contributed by atoms with Gasteiger partial charge < -0.3 is 10.2 Å². The van der Waals surface area contributed by atoms with Crippen LogP contribution in [-0.2, 0) is 17.6 Å². The van der Waals surface area contributed by atoms with Gasteiger partial charge >= 0.3 is 0 Å². The minimum Gasteiger partial charge on any atom is -0.368 e. The Morgan fingerprint density at radius 2 is 1.86 bits per heavy atom. The molecular weight excluding hydrogens is 372 g/mol. The number of hydrogen-bond acceptors (Lipinski definition) is 3. The molecule has 0 aromatic heterocycles. The Hall–Kier alpha value is -2.47. The molecule has 1 N–H and O–H groups in total. The summed E-state index contributed by atoms with van der Waals surface area (Å²) in [6, 6.07) is 12.6. The van der Waals surface area contributed by atoms with Crippen molar-refractivity contribution >= 4 is 17.3 Å². The van der Waals surface area contributed by atoms with Crippen molar-refractivity contribution in [2.45, 2.75) is 44.9 Å². The summed E-state index contributed by atoms with van der Waals surface area (Å²) in [7, 11) is 0. The van der Waals surface area contributed by atoms with E-state index in [1.54, 1.807) is 12.1 Å². The number of amides is 1. The fourth-order valence-corrected chi connectivity index (χ4v) is 4.49. The van der Waals surface area contributed by atoms with E-state index in [0.29, 0.717) is 19.1 Å². The third kappa shape index (κ3) is 4.58. The summed E-state index contributed by atoms with van der Waals surface area (Å²) in [4.78, 5) is 15.7. The van der Waals surface area contributed by atoms with Crippen molar-refractivity contribution in [2.75, 3.05) is 29.9 Å². The largest absolute Gasteiger partial charge is 0.368 e. The van der Waals surface area contributed by atoms with Crippen LogP contribution in [0.5, 0.6) is 0 Å². The Morgan fingerprint density at radius 1 is 1.14 bits per heavy atom. The molecule has 4 rings (SSSR count). The first-order valence-electron chi connectivity index (χ1n) is 10.3. The molecule has 4 nitrogen and oxygen atoms in total. The van der Waals surface area contributed by atoms with Gasteiger partial charge in [0, 0.05) is 50.4 Å². The molecule has 2 heterocycles. The predicted octanol–water partition coefficient (Wildman–Crippen LogP) is 4.15. The summed E-state index contributed by atoms with van der Waals surface area (Å²) in [5.74, 6) is -0.365. The molecule has 29 heavy (non-hydrogen) atoms. The third-order valence-electron chi connectivity index (χ3n) is 5.99. The minimum absolute atomic E-state index is 0.0713. The van der Waals surface area contributed by atoms with E-state index in [9.17, 15) is 13.6 Å². The predicted molar refractivity (Wildman–Crippen MR) is 111 cm³/mol. The fraction of sp³-hybridized carbons (Fsp3) is 0.435. The van der Waals surface area contributed by atoms with Crippen molar-refractivity contribution in [1.29, 1.82) is 0 Å². The molecule has 154 valence electrons. The molecule has 0 aliphatic carbocycles. The maximum atomic E-state index is 14.8. The number of halogens is 2. The zero-order chi connectivity index (χ0) is 20.4. The molecule has 2 aliphatic heterocycles. The molecule has 1 saturated heterocycles. The SMILES string of the molecule is CC(=O)Nc1ccc2c(c1)N(C1CCN(C(F)Cc3ccc(F)cc3)CC1)CC2. The number of nitrogens with zero attached hydrogens (tertiary/aromatic N) is 2. The van der Waals surface area contributed by atoms with Crippen molar-refractivity contribution in [1.82, 2.24) is 4.90 Å². The molecule has 1 unspecified atom stereocenters. The Bertz CT molecular complexity index is 863. The van der Waals surface area contributed by atoms with E-state index in [-0.39, 0.29) is 18.1 Å². The second kappa shape index (κ2) is 8.49. The lowest BCUT2D eigenvalue weighted by atomic mass is 10.0. The zero-order valence-corrected chi connectivity index (χ0v) is 16.7. The van der Waals surface area contributed by atoms with Crippen LogP contribution >= 0.6 is 0 Å². The highest BCUT2D eigenvalue weighted by atomic mass is 19.1. The number of fused-ring (bicyclic) bond motifs is 1. The lowest BCUT2D eigenvalue weighted by Crippen LogP contribution is -2.47. The van der Waals surface area contributed by atoms with Crippen molar-refractivity contribution in [3.63, 3.8) is 0 Å². The van der Waals surface area contributed by atoms with E-state index in [2.05, 4.69) is 22.3 Å². The van der Waals surface area contributed by atoms with Crippen molar-refractivity contribution < 1.29 is 13.6 Å². The van der Waals surface area contributed by atoms with Crippen LogP contribution in [-0.4, -0.2) is 42.8 Å². The molecule has 2 aliphatic rings. The molecule has 6 heteroatoms. The van der Waals surface area contributed by atoms with Gasteiger partial charge in [0.2, 0.25) is 5.91 Å². The van der Waals surface area contributed by atoms with Gasteiger partial charge in [-0.15, -0.1) is 0 Å². The van der Waals surface area contributed by atoms with Gasteiger partial charge in [0.25, 0.3) is 0 Å². The lowest BCUT2D eigenvalue weighted by Gasteiger charge is -2.39. The zero-order valence-electron chi connectivity index (χ0n) is 16.7. The summed E-state index contributed by atoms with van der Waals surface area (Å²) in [6.07, 6.45) is 2.07. The Kier molecular flexibility index (Phi) is 5.81. The smallest absolute Gasteiger partial charge is 0.221 e. The van der Waals surface area contributed by atoms with Gasteiger partial charge in [-0.1, -0.05) is 18.2 Å². The number of alkyl halides is 1. The Morgan fingerprint density at radius 3 is 2.55 bits per heavy atom. The Balaban J connectivity index is 1.36. The number of hydrogen-bond donors (Lipinski definition) is 1. The van der Waals surface area contributed by atoms with E-state index in [0.717, 1.165) is 37.1 Å². The molecule has 1 fully saturated rings. The first-order chi connectivity index (χ1) is 14.0. The monoisotopic (exact) mass is 399 g/mol. The summed E-state index contributed by atoms with van der Waals surface area (Å²) in [5.41, 5.74) is 4.14. The number of likely N-dealkylation sites (tertiary alicyclic amines) is 1. The van der Waals surface area contributed by atoms with Gasteiger partial charge in [-0.05, 0) is 54.7 Å². The normalized spacial score (nSPS) is 18.5. The quantitative estimate of drug-likeness (QED) is 0.768. The molecule has 0 spiro atoms. The molecule has 0 bridgehead atoms. The van der Waals surface area contributed by atoms with Gasteiger partial charge in [0.15, 0.2) is 6.30 Å². The summed E-state index contributed by atoms with van der Waals surface area (Å²) < 4.78 is 27.8. The number of carbonyl (C=O) groups excluding carboxylic acids is 1. The highest BCUT2D eigenvalue weighted by Gasteiger charge is 2.31. The third-order valence-corrected chi connectivity index (χ3v) is 5.99. The average Bonchev–Trinajstić information content (AvgIpc) is 3.12. The van der Waals surface area contributed by atoms with Gasteiger partial charge in [-0.2, -0.15) is 0 Å². The summed E-state index contributed by atoms with van der Waals surface area (Å²) >= 11 is 0. The molecule has 1 amide bonds. The first-order valence-corrected chi connectivity index (χ1v) is 10.3. The number of anilines is 2. The van der Waals surface area contributed by atoms with Crippen molar-refractivity contribution in [2.24, 2.45) is 0 Å². The lowest BCUT2D eigenvalue weighted by molar-refractivity contribution is -0.114. The summed E-state index contributed by atoms with van der Waals surface area (Å²) in [5, 5.41) is 2.86. The number of benzene rings is 2. The van der Waals surface area contributed by atoms with Crippen molar-refractivity contribution in [3.8, 4) is 0 Å². The van der Waals surface area contributed by atoms with E-state index >= 15 is 0 Å². The average molecular weight is 399 g/mol. The minimum atomic E-state index is -1.04. The molecule has 1 atom stereocenters. The van der Waals surface area contributed by atoms with Crippen LogP contribution < -0.4 is 10.2 Å². The molecule has 2 aromatic rings. The van der Waals surface area contributed by atoms with Gasteiger partial charge in [0.05, 0.1) is 0 Å². The highest BCUT2D eigenvalue weighted by molar-refractivity contribution is 5.89. The highest BCUT2D eigenvalue weighted by Crippen LogP contribution is 2.35. The number of rotatable bonds is 5. The Labute approximate surface area is 170 Å². The topological polar surface area (TPSA) is 35.6 Å². The molecule has 2 aromatic carbocycles. The van der Waals surface area contributed by atoms with E-state index < -0.39 is 6.30 Å². The first kappa shape index (κ1) is 19.8. The number of nitrogens with one attached hydrogen (secondary N) is 1. The van der Waals surface area contributed by atoms with Crippen LogP contribution in [0.1, 0.15) is 30.9 Å². The second-order valence-corrected chi connectivity index (χ2v) is 8.00. The molecule has 0 radical (unpaired) electrons. The fourth-order valence-electron chi connectivity index (χ4n) is 4.49. The maximum absolute atomic E-state index is 14.8. The van der Waals surface area contributed by atoms with Crippen LogP contribution in [0.25, 0.3) is 0 Å². The molecule has 0 saturated carbocycles. The van der Waals surface area contributed by atoms with Crippen LogP contribution in [0.2, 0.25) is 0 Å². The van der Waals surface area contributed by atoms with Crippen LogP contribution in [0, 0.1) is 5.82 Å². The van der Waals surface area contributed by atoms with Crippen LogP contribution in [0.4, 0.5) is 20.2 Å². The molecular formula is C23H27F2N3O. The van der Waals surface area contributed by atoms with E-state index in [1.807, 2.05) is 11.0 Å². The summed E-state index contributed by atoms with van der Waals surface area (Å²) in [6.45, 7) is 3.91. The van der Waals surface area contributed by atoms with Gasteiger partial charge in [-0.25, -0.2) is 8.78 Å². The number of piperidine rings is 1. The van der Waals surface area contributed by atoms with Crippen LogP contribution in [0.3, 0.4) is 0 Å². The maximum Gasteiger partial charge on any atom is 0.221 e. The van der Waals surface area contributed by atoms with E-state index in [4.69, 9.17) is 0 Å². The van der Waals surface area contributed by atoms with Crippen LogP contribution in [0.15, 0.2) is 42.5 Å². The van der Waals surface area contributed by atoms with Gasteiger partial charge in [0.1, 0.15) is 5.82 Å². The van der Waals surface area contributed by atoms with E-state index in [1.165, 1.54) is 30.3 Å². The standard InChI is InChI=1S/C23H27F2N3O/c1-16(29)26-20-7-4-18-8-13-28(22(18)15-20)21-9-11-27(12-10-21)23(25)14-17-2-5-19(24)6-3-17/h2-7,15,21,23H,8-14H2,1H3,(H,26,29). The second-order valence-electron chi connectivity index (χ2n) is 8.00. The number of carbonyl (C=O) groups is 1.